The van der Waals surface area contributed by atoms with E-state index in [-0.39, 0.29) is 29.8 Å². The molecule has 0 radical (unpaired) electrons. The van der Waals surface area contributed by atoms with Crippen LogP contribution in [-0.4, -0.2) is 17.4 Å². The van der Waals surface area contributed by atoms with Gasteiger partial charge in [0.05, 0.1) is 0 Å². The van der Waals surface area contributed by atoms with Gasteiger partial charge in [-0.3, -0.25) is 33.8 Å². The molecule has 0 saturated carbocycles. The van der Waals surface area contributed by atoms with Gasteiger partial charge in [0.2, 0.25) is 0 Å². The van der Waals surface area contributed by atoms with E-state index in [2.05, 4.69) is 33.8 Å². The monoisotopic (exact) mass is 172 g/mol. The van der Waals surface area contributed by atoms with Crippen LogP contribution in [0.15, 0.2) is 0 Å². The Morgan fingerprint density at radius 1 is 0.800 bits per heavy atom. The Balaban J connectivity index is -0.0000000300. The number of guanidine groups is 2. The van der Waals surface area contributed by atoms with Crippen LogP contribution in [0.1, 0.15) is 0 Å². The first-order valence-corrected chi connectivity index (χ1v) is 1.73. The van der Waals surface area contributed by atoms with Gasteiger partial charge < -0.3 is 17.9 Å². The van der Waals surface area contributed by atoms with E-state index in [0.29, 0.717) is 0 Å². The molecule has 0 saturated heterocycles. The van der Waals surface area contributed by atoms with Crippen LogP contribution in [-0.2, 0) is 0 Å². The molecular weight excluding hydrogens is 160 g/mol. The van der Waals surface area contributed by atoms with Crippen molar-refractivity contribution in [2.75, 3.05) is 0 Å². The van der Waals surface area contributed by atoms with Crippen molar-refractivity contribution in [2.24, 2.45) is 22.9 Å². The van der Waals surface area contributed by atoms with Crippen LogP contribution < -0.4 is 46.2 Å². The van der Waals surface area contributed by atoms with E-state index in [0.717, 1.165) is 0 Å². The fourth-order valence-corrected chi connectivity index (χ4v) is 0. The van der Waals surface area contributed by atoms with Gasteiger partial charge in [-0.25, -0.2) is 0 Å². The van der Waals surface area contributed by atoms with E-state index in [4.69, 9.17) is 0 Å². The second kappa shape index (κ2) is 15.7. The fourth-order valence-electron chi connectivity index (χ4n) is 0. The summed E-state index contributed by atoms with van der Waals surface area (Å²) in [6.07, 6.45) is 0. The maximum absolute atomic E-state index is 4.58. The van der Waals surface area contributed by atoms with Crippen molar-refractivity contribution in [3.8, 4) is 0 Å². The quantitative estimate of drug-likeness (QED) is 0.156. The molecule has 64 valence electrons. The lowest BCUT2D eigenvalue weighted by atomic mass is 11.1. The molecule has 0 bridgehead atoms. The third-order valence-electron chi connectivity index (χ3n) is 0. The van der Waals surface area contributed by atoms with Gasteiger partial charge >= 0.3 is 11.9 Å². The smallest absolute Gasteiger partial charge is 0.336 e. The second-order valence-corrected chi connectivity index (χ2v) is 1.00. The molecule has 0 aliphatic heterocycles. The minimum absolute atomic E-state index is 0. The van der Waals surface area contributed by atoms with Crippen molar-refractivity contribution in [2.45, 2.75) is 0 Å². The number of hydrogen-bond acceptors (Lipinski definition) is 1. The summed E-state index contributed by atoms with van der Waals surface area (Å²) >= 11 is 0. The average molecular weight is 173 g/mol. The molecule has 0 atom stereocenters. The molecule has 0 fully saturated rings. The van der Waals surface area contributed by atoms with Gasteiger partial charge in [0, 0.05) is 0 Å². The highest BCUT2D eigenvalue weighted by Crippen LogP contribution is 0.929. The van der Waals surface area contributed by atoms with Gasteiger partial charge in [-0.15, -0.1) is 0 Å². The zero-order valence-corrected chi connectivity index (χ0v) is 6.05. The Hall–Kier alpha value is -1.21. The molecule has 0 aliphatic rings. The van der Waals surface area contributed by atoms with Gasteiger partial charge in [-0.05, 0) is 0 Å². The molecule has 8 heteroatoms. The molecule has 0 rings (SSSR count). The molecule has 0 spiro atoms. The zero-order valence-electron chi connectivity index (χ0n) is 5.29. The maximum atomic E-state index is 4.58. The largest absolute Gasteiger partial charge is 1.00 e. The van der Waals surface area contributed by atoms with E-state index in [1.54, 1.807) is 0 Å². The first-order valence-electron chi connectivity index (χ1n) is 1.73. The first kappa shape index (κ1) is 23.2. The van der Waals surface area contributed by atoms with E-state index in [1.165, 1.54) is 0 Å². The van der Waals surface area contributed by atoms with Gasteiger partial charge in [-0.1, -0.05) is 0 Å². The van der Waals surface area contributed by atoms with Gasteiger partial charge in [-0.2, -0.15) is 0 Å². The van der Waals surface area contributed by atoms with Crippen LogP contribution >= 0.6 is 0 Å². The summed E-state index contributed by atoms with van der Waals surface area (Å²) in [7, 11) is 0. The summed E-state index contributed by atoms with van der Waals surface area (Å²) in [4.78, 5) is 0. The van der Waals surface area contributed by atoms with Crippen LogP contribution in [0.4, 0.5) is 0 Å². The Kier molecular flexibility index (Phi) is 36.4. The SMILES string of the molecule is NC(N)=[NH2+].NC(N)=[NH2+].[Cl-].[OH-]. The fraction of sp³-hybridized carbons (Fsp3) is 0. The van der Waals surface area contributed by atoms with Crippen molar-refractivity contribution in [3.05, 3.63) is 0 Å². The Morgan fingerprint density at radius 2 is 0.800 bits per heavy atom. The minimum Gasteiger partial charge on any atom is -1.00 e. The molecule has 0 aromatic carbocycles. The molecule has 0 amide bonds. The number of halogens is 1. The summed E-state index contributed by atoms with van der Waals surface area (Å²) in [6, 6.07) is 0. The molecule has 0 aromatic rings. The second-order valence-electron chi connectivity index (χ2n) is 1.00. The van der Waals surface area contributed by atoms with Crippen molar-refractivity contribution >= 4 is 11.9 Å². The average Bonchev–Trinajstić information content (AvgIpc) is 1.25. The third-order valence-corrected chi connectivity index (χ3v) is 0. The Morgan fingerprint density at radius 3 is 0.800 bits per heavy atom. The molecule has 13 N–H and O–H groups in total. The molecule has 0 unspecified atom stereocenters. The maximum Gasteiger partial charge on any atom is 0.336 e. The third kappa shape index (κ3) is 155. The van der Waals surface area contributed by atoms with Gasteiger partial charge in [0.1, 0.15) is 0 Å². The standard InChI is InChI=1S/2CH5N3.ClH.H2O/c2*2-1(3)4;;/h2*(H5,2,3,4);1H;1H2. The van der Waals surface area contributed by atoms with Crippen LogP contribution in [0.5, 0.6) is 0 Å². The lowest BCUT2D eigenvalue weighted by molar-refractivity contribution is -0.117. The molecule has 0 aliphatic carbocycles. The van der Waals surface area contributed by atoms with Gasteiger partial charge in [0.15, 0.2) is 0 Å². The van der Waals surface area contributed by atoms with Crippen molar-refractivity contribution in [3.63, 3.8) is 0 Å². The van der Waals surface area contributed by atoms with Crippen LogP contribution in [0.3, 0.4) is 0 Å². The molecular formula is C2H13ClN6O. The van der Waals surface area contributed by atoms with Gasteiger partial charge in [0.25, 0.3) is 0 Å². The van der Waals surface area contributed by atoms with Crippen LogP contribution in [0.25, 0.3) is 0 Å². The highest BCUT2D eigenvalue weighted by Gasteiger charge is 1.64. The van der Waals surface area contributed by atoms with Crippen molar-refractivity contribution in [1.82, 2.24) is 0 Å². The summed E-state index contributed by atoms with van der Waals surface area (Å²) < 4.78 is 0. The normalized spacial score (nSPS) is 4.80. The predicted octanol–water partition coefficient (Wildman–Crippen LogP) is -9.14. The minimum atomic E-state index is -0.0833. The number of hydrogen-bond donors (Lipinski definition) is 6. The lowest BCUT2D eigenvalue weighted by Gasteiger charge is -1.59. The van der Waals surface area contributed by atoms with E-state index in [1.807, 2.05) is 0 Å². The topological polar surface area (TPSA) is 185 Å². The number of nitrogens with two attached hydrogens (primary N) is 6. The van der Waals surface area contributed by atoms with E-state index in [9.17, 15) is 0 Å². The summed E-state index contributed by atoms with van der Waals surface area (Å²) in [5.74, 6) is -0.167. The van der Waals surface area contributed by atoms with E-state index < -0.39 is 0 Å². The summed E-state index contributed by atoms with van der Waals surface area (Å²) in [6.45, 7) is 0. The zero-order chi connectivity index (χ0) is 7.15. The van der Waals surface area contributed by atoms with Crippen molar-refractivity contribution in [1.29, 1.82) is 0 Å². The molecule has 10 heavy (non-hydrogen) atoms. The summed E-state index contributed by atoms with van der Waals surface area (Å²) in [5.41, 5.74) is 18.3. The van der Waals surface area contributed by atoms with E-state index >= 15 is 0 Å². The number of rotatable bonds is 0. The lowest BCUT2D eigenvalue weighted by Crippen LogP contribution is -3.00. The van der Waals surface area contributed by atoms with Crippen LogP contribution in [0.2, 0.25) is 0 Å². The highest BCUT2D eigenvalue weighted by molar-refractivity contribution is 5.68. The van der Waals surface area contributed by atoms with Crippen LogP contribution in [0, 0.1) is 0 Å². The highest BCUT2D eigenvalue weighted by atomic mass is 35.5. The molecule has 0 aromatic heterocycles. The summed E-state index contributed by atoms with van der Waals surface area (Å²) in [5, 5.41) is 9.17. The predicted molar refractivity (Wildman–Crippen MR) is 32.6 cm³/mol. The van der Waals surface area contributed by atoms with Crippen molar-refractivity contribution < 1.29 is 28.7 Å². The molecule has 0 heterocycles. The first-order chi connectivity index (χ1) is 3.46. The molecule has 7 nitrogen and oxygen atoms in total. The Bertz CT molecular complexity index is 73.7. The Labute approximate surface area is 64.5 Å².